The van der Waals surface area contributed by atoms with E-state index in [0.29, 0.717) is 0 Å². The quantitative estimate of drug-likeness (QED) is 0.849. The van der Waals surface area contributed by atoms with Crippen LogP contribution >= 0.6 is 0 Å². The van der Waals surface area contributed by atoms with Gasteiger partial charge in [-0.05, 0) is 23.9 Å². The number of piperazine rings is 1. The molecule has 4 nitrogen and oxygen atoms in total. The predicted octanol–water partition coefficient (Wildman–Crippen LogP) is 2.13. The summed E-state index contributed by atoms with van der Waals surface area (Å²) in [5.74, 6) is 0.279. The number of likely N-dealkylation sites (N-methyl/N-ethyl adjacent to an activating group) is 1. The second kappa shape index (κ2) is 5.51. The number of aromatic hydroxyl groups is 1. The lowest BCUT2D eigenvalue weighted by Crippen LogP contribution is -2.41. The highest BCUT2D eigenvalue weighted by molar-refractivity contribution is 6.02. The minimum absolute atomic E-state index is 0.279. The Balaban J connectivity index is 1.88. The van der Waals surface area contributed by atoms with E-state index < -0.39 is 0 Å². The zero-order valence-electron chi connectivity index (χ0n) is 11.7. The lowest BCUT2D eigenvalue weighted by Gasteiger charge is -2.30. The normalized spacial score (nSPS) is 17.1. The minimum Gasteiger partial charge on any atom is -0.507 e. The predicted molar refractivity (Wildman–Crippen MR) is 82.3 cm³/mol. The molecule has 0 atom stereocenters. The van der Waals surface area contributed by atoms with Gasteiger partial charge in [-0.2, -0.15) is 5.10 Å². The van der Waals surface area contributed by atoms with Gasteiger partial charge in [0, 0.05) is 31.7 Å². The van der Waals surface area contributed by atoms with Crippen molar-refractivity contribution in [2.24, 2.45) is 5.10 Å². The lowest BCUT2D eigenvalue weighted by molar-refractivity contribution is 0.159. The number of hydrazone groups is 1. The third-order valence-electron chi connectivity index (χ3n) is 3.78. The SMILES string of the molecule is CN1CCN(N=Cc2c(O)ccc3ccccc23)CC1. The van der Waals surface area contributed by atoms with Gasteiger partial charge < -0.3 is 10.0 Å². The number of phenolic OH excluding ortho intramolecular Hbond substituents is 1. The summed E-state index contributed by atoms with van der Waals surface area (Å²) in [6, 6.07) is 11.7. The van der Waals surface area contributed by atoms with Gasteiger partial charge >= 0.3 is 0 Å². The van der Waals surface area contributed by atoms with Crippen LogP contribution in [-0.2, 0) is 0 Å². The Kier molecular flexibility index (Phi) is 3.56. The molecule has 104 valence electrons. The van der Waals surface area contributed by atoms with Crippen molar-refractivity contribution in [2.75, 3.05) is 33.2 Å². The third-order valence-corrected chi connectivity index (χ3v) is 3.78. The van der Waals surface area contributed by atoms with E-state index in [-0.39, 0.29) is 5.75 Å². The van der Waals surface area contributed by atoms with Gasteiger partial charge in [-0.15, -0.1) is 0 Å². The van der Waals surface area contributed by atoms with Crippen molar-refractivity contribution in [3.63, 3.8) is 0 Å². The second-order valence-corrected chi connectivity index (χ2v) is 5.22. The average Bonchev–Trinajstić information content (AvgIpc) is 2.48. The molecular weight excluding hydrogens is 250 g/mol. The Morgan fingerprint density at radius 2 is 1.80 bits per heavy atom. The molecule has 0 aromatic heterocycles. The molecule has 1 saturated heterocycles. The number of nitrogens with zero attached hydrogens (tertiary/aromatic N) is 3. The van der Waals surface area contributed by atoms with Crippen LogP contribution in [0.2, 0.25) is 0 Å². The highest BCUT2D eigenvalue weighted by Crippen LogP contribution is 2.25. The van der Waals surface area contributed by atoms with Gasteiger partial charge in [-0.3, -0.25) is 5.01 Å². The molecule has 4 heteroatoms. The summed E-state index contributed by atoms with van der Waals surface area (Å²) in [5, 5.41) is 18.8. The van der Waals surface area contributed by atoms with Gasteiger partial charge in [-0.1, -0.05) is 30.3 Å². The summed E-state index contributed by atoms with van der Waals surface area (Å²) in [6.07, 6.45) is 1.78. The largest absolute Gasteiger partial charge is 0.507 e. The van der Waals surface area contributed by atoms with Crippen molar-refractivity contribution in [1.29, 1.82) is 0 Å². The number of rotatable bonds is 2. The first-order chi connectivity index (χ1) is 9.74. The molecule has 0 unspecified atom stereocenters. The van der Waals surface area contributed by atoms with Crippen molar-refractivity contribution >= 4 is 17.0 Å². The standard InChI is InChI=1S/C16H19N3O/c1-18-8-10-19(11-9-18)17-12-15-14-5-3-2-4-13(14)6-7-16(15)20/h2-7,12,20H,8-11H2,1H3. The minimum atomic E-state index is 0.279. The number of benzene rings is 2. The van der Waals surface area contributed by atoms with E-state index in [4.69, 9.17) is 0 Å². The van der Waals surface area contributed by atoms with E-state index in [2.05, 4.69) is 22.1 Å². The zero-order chi connectivity index (χ0) is 13.9. The summed E-state index contributed by atoms with van der Waals surface area (Å²) in [6.45, 7) is 3.91. The molecule has 1 fully saturated rings. The first kappa shape index (κ1) is 12.9. The maximum atomic E-state index is 10.1. The summed E-state index contributed by atoms with van der Waals surface area (Å²) in [5.41, 5.74) is 0.794. The average molecular weight is 269 g/mol. The van der Waals surface area contributed by atoms with Crippen molar-refractivity contribution < 1.29 is 5.11 Å². The molecule has 2 aromatic carbocycles. The molecule has 0 saturated carbocycles. The molecule has 1 N–H and O–H groups in total. The molecule has 20 heavy (non-hydrogen) atoms. The summed E-state index contributed by atoms with van der Waals surface area (Å²) in [4.78, 5) is 2.29. The highest BCUT2D eigenvalue weighted by Gasteiger charge is 2.11. The van der Waals surface area contributed by atoms with Crippen LogP contribution in [0.15, 0.2) is 41.5 Å². The molecule has 1 aliphatic rings. The first-order valence-electron chi connectivity index (χ1n) is 6.92. The molecule has 0 amide bonds. The fourth-order valence-electron chi connectivity index (χ4n) is 2.47. The van der Waals surface area contributed by atoms with Crippen LogP contribution in [0.25, 0.3) is 10.8 Å². The van der Waals surface area contributed by atoms with E-state index in [1.807, 2.05) is 30.3 Å². The van der Waals surface area contributed by atoms with Gasteiger partial charge in [0.15, 0.2) is 0 Å². The zero-order valence-corrected chi connectivity index (χ0v) is 11.7. The van der Waals surface area contributed by atoms with Gasteiger partial charge in [0.05, 0.1) is 6.21 Å². The van der Waals surface area contributed by atoms with Crippen LogP contribution in [0.1, 0.15) is 5.56 Å². The van der Waals surface area contributed by atoms with Crippen LogP contribution in [0.3, 0.4) is 0 Å². The molecule has 0 aliphatic carbocycles. The van der Waals surface area contributed by atoms with Gasteiger partial charge in [-0.25, -0.2) is 0 Å². The van der Waals surface area contributed by atoms with Crippen LogP contribution in [0, 0.1) is 0 Å². The van der Waals surface area contributed by atoms with E-state index in [0.717, 1.165) is 42.5 Å². The van der Waals surface area contributed by atoms with E-state index >= 15 is 0 Å². The molecule has 0 bridgehead atoms. The fraction of sp³-hybridized carbons (Fsp3) is 0.312. The Morgan fingerprint density at radius 1 is 1.05 bits per heavy atom. The molecule has 1 heterocycles. The Labute approximate surface area is 118 Å². The first-order valence-corrected chi connectivity index (χ1v) is 6.92. The van der Waals surface area contributed by atoms with E-state index in [9.17, 15) is 5.11 Å². The van der Waals surface area contributed by atoms with Crippen LogP contribution in [0.5, 0.6) is 5.75 Å². The maximum absolute atomic E-state index is 10.1. The monoisotopic (exact) mass is 269 g/mol. The van der Waals surface area contributed by atoms with Crippen molar-refractivity contribution in [1.82, 2.24) is 9.91 Å². The maximum Gasteiger partial charge on any atom is 0.125 e. The van der Waals surface area contributed by atoms with Crippen molar-refractivity contribution in [3.05, 3.63) is 42.0 Å². The number of hydrogen-bond acceptors (Lipinski definition) is 4. The molecule has 3 rings (SSSR count). The number of hydrogen-bond donors (Lipinski definition) is 1. The number of phenols is 1. The fourth-order valence-corrected chi connectivity index (χ4v) is 2.47. The third kappa shape index (κ3) is 2.60. The smallest absolute Gasteiger partial charge is 0.125 e. The van der Waals surface area contributed by atoms with Gasteiger partial charge in [0.2, 0.25) is 0 Å². The molecule has 0 spiro atoms. The Bertz CT molecular complexity index is 631. The van der Waals surface area contributed by atoms with Crippen LogP contribution in [-0.4, -0.2) is 54.5 Å². The number of fused-ring (bicyclic) bond motifs is 1. The molecule has 2 aromatic rings. The van der Waals surface area contributed by atoms with Crippen molar-refractivity contribution in [3.8, 4) is 5.75 Å². The topological polar surface area (TPSA) is 39.1 Å². The van der Waals surface area contributed by atoms with Crippen LogP contribution in [0.4, 0.5) is 0 Å². The summed E-state index contributed by atoms with van der Waals surface area (Å²) < 4.78 is 0. The highest BCUT2D eigenvalue weighted by atomic mass is 16.3. The Hall–Kier alpha value is -2.07. The van der Waals surface area contributed by atoms with E-state index in [1.54, 1.807) is 12.3 Å². The molecule has 1 aliphatic heterocycles. The van der Waals surface area contributed by atoms with Gasteiger partial charge in [0.1, 0.15) is 5.75 Å². The Morgan fingerprint density at radius 3 is 2.60 bits per heavy atom. The van der Waals surface area contributed by atoms with E-state index in [1.165, 1.54) is 0 Å². The molecular formula is C16H19N3O. The lowest BCUT2D eigenvalue weighted by atomic mass is 10.0. The van der Waals surface area contributed by atoms with Crippen molar-refractivity contribution in [2.45, 2.75) is 0 Å². The summed E-state index contributed by atoms with van der Waals surface area (Å²) in [7, 11) is 2.12. The molecule has 0 radical (unpaired) electrons. The second-order valence-electron chi connectivity index (χ2n) is 5.22. The van der Waals surface area contributed by atoms with Gasteiger partial charge in [0.25, 0.3) is 0 Å². The summed E-state index contributed by atoms with van der Waals surface area (Å²) >= 11 is 0. The van der Waals surface area contributed by atoms with Crippen LogP contribution < -0.4 is 0 Å².